The minimum absolute atomic E-state index is 0.0866. The van der Waals surface area contributed by atoms with Crippen molar-refractivity contribution in [2.75, 3.05) is 0 Å². The van der Waals surface area contributed by atoms with Crippen LogP contribution in [0.4, 0.5) is 13.2 Å². The quantitative estimate of drug-likeness (QED) is 0.389. The molecule has 0 saturated heterocycles. The van der Waals surface area contributed by atoms with Gasteiger partial charge in [-0.15, -0.1) is 0 Å². The maximum absolute atomic E-state index is 12.7. The summed E-state index contributed by atoms with van der Waals surface area (Å²) in [6, 6.07) is 17.6. The smallest absolute Gasteiger partial charge is 0.416 e. The van der Waals surface area contributed by atoms with Gasteiger partial charge in [0.15, 0.2) is 0 Å². The van der Waals surface area contributed by atoms with Gasteiger partial charge in [0.2, 0.25) is 0 Å². The standard InChI is InChI=1S/C27H20ClF3O3/c1-16-23(22-11-8-20(28)13-25(22)24(16)14-26(32)33)12-17-2-4-18(5-3-17)15-34-21-9-6-19(7-10-21)27(29,30)31/h2-13H,14-15H2,1H3,(H,32,33)/b23-12-. The summed E-state index contributed by atoms with van der Waals surface area (Å²) in [4.78, 5) is 11.4. The van der Waals surface area contributed by atoms with Gasteiger partial charge in [0.05, 0.1) is 12.0 Å². The molecular formula is C27H20ClF3O3. The summed E-state index contributed by atoms with van der Waals surface area (Å²) in [6.07, 6.45) is -2.47. The zero-order valence-electron chi connectivity index (χ0n) is 18.1. The number of aliphatic carboxylic acids is 1. The molecule has 0 aromatic heterocycles. The number of carboxylic acids is 1. The second-order valence-corrected chi connectivity index (χ2v) is 8.41. The lowest BCUT2D eigenvalue weighted by molar-refractivity contribution is -0.138. The molecule has 0 atom stereocenters. The predicted molar refractivity (Wildman–Crippen MR) is 126 cm³/mol. The summed E-state index contributed by atoms with van der Waals surface area (Å²) in [6.45, 7) is 2.12. The van der Waals surface area contributed by atoms with E-state index >= 15 is 0 Å². The molecule has 1 aliphatic rings. The third-order valence-electron chi connectivity index (χ3n) is 5.66. The summed E-state index contributed by atoms with van der Waals surface area (Å²) in [7, 11) is 0. The van der Waals surface area contributed by atoms with Gasteiger partial charge in [0, 0.05) is 5.02 Å². The first kappa shape index (κ1) is 23.6. The zero-order chi connectivity index (χ0) is 24.5. The van der Waals surface area contributed by atoms with Crippen molar-refractivity contribution in [1.29, 1.82) is 0 Å². The van der Waals surface area contributed by atoms with Crippen molar-refractivity contribution in [2.24, 2.45) is 0 Å². The van der Waals surface area contributed by atoms with Gasteiger partial charge < -0.3 is 9.84 Å². The molecule has 3 aromatic carbocycles. The lowest BCUT2D eigenvalue weighted by Crippen LogP contribution is -2.04. The van der Waals surface area contributed by atoms with Gasteiger partial charge in [-0.3, -0.25) is 4.79 Å². The van der Waals surface area contributed by atoms with Gasteiger partial charge >= 0.3 is 12.1 Å². The number of allylic oxidation sites excluding steroid dienone is 2. The van der Waals surface area contributed by atoms with Gasteiger partial charge in [-0.2, -0.15) is 13.2 Å². The Morgan fingerprint density at radius 1 is 1.00 bits per heavy atom. The van der Waals surface area contributed by atoms with Crippen LogP contribution in [0.15, 0.2) is 72.3 Å². The van der Waals surface area contributed by atoms with Crippen LogP contribution in [-0.2, 0) is 17.6 Å². The first-order valence-electron chi connectivity index (χ1n) is 10.4. The molecule has 174 valence electrons. The Kier molecular flexibility index (Phi) is 6.53. The van der Waals surface area contributed by atoms with Crippen LogP contribution >= 0.6 is 11.6 Å². The lowest BCUT2D eigenvalue weighted by atomic mass is 10.0. The summed E-state index contributed by atoms with van der Waals surface area (Å²) >= 11 is 6.15. The average Bonchev–Trinajstić information content (AvgIpc) is 3.03. The summed E-state index contributed by atoms with van der Waals surface area (Å²) in [5.74, 6) is -0.550. The number of carbonyl (C=O) groups is 1. The fourth-order valence-corrected chi connectivity index (χ4v) is 4.09. The first-order valence-corrected chi connectivity index (χ1v) is 10.8. The lowest BCUT2D eigenvalue weighted by Gasteiger charge is -2.10. The highest BCUT2D eigenvalue weighted by Gasteiger charge is 2.30. The number of alkyl halides is 3. The van der Waals surface area contributed by atoms with E-state index in [4.69, 9.17) is 16.3 Å². The van der Waals surface area contributed by atoms with Crippen molar-refractivity contribution in [1.82, 2.24) is 0 Å². The Balaban J connectivity index is 1.51. The highest BCUT2D eigenvalue weighted by Crippen LogP contribution is 2.44. The normalized spacial score (nSPS) is 14.4. The number of carboxylic acid groups (broad SMARTS) is 1. The molecule has 0 fully saturated rings. The van der Waals surface area contributed by atoms with Crippen molar-refractivity contribution in [3.05, 3.63) is 105 Å². The van der Waals surface area contributed by atoms with Crippen molar-refractivity contribution in [3.63, 3.8) is 0 Å². The molecule has 3 nitrogen and oxygen atoms in total. The van der Waals surface area contributed by atoms with Crippen LogP contribution in [0.2, 0.25) is 5.02 Å². The fourth-order valence-electron chi connectivity index (χ4n) is 3.92. The van der Waals surface area contributed by atoms with Crippen LogP contribution in [0.5, 0.6) is 5.75 Å². The second kappa shape index (κ2) is 9.39. The monoisotopic (exact) mass is 484 g/mol. The molecule has 0 heterocycles. The van der Waals surface area contributed by atoms with E-state index < -0.39 is 17.7 Å². The number of hydrogen-bond donors (Lipinski definition) is 1. The van der Waals surface area contributed by atoms with Crippen molar-refractivity contribution in [3.8, 4) is 5.75 Å². The van der Waals surface area contributed by atoms with E-state index in [1.165, 1.54) is 12.1 Å². The number of ether oxygens (including phenoxy) is 1. The number of halogens is 4. The molecule has 0 unspecified atom stereocenters. The molecule has 34 heavy (non-hydrogen) atoms. The number of rotatable bonds is 6. The maximum atomic E-state index is 12.7. The molecule has 0 bridgehead atoms. The topological polar surface area (TPSA) is 46.5 Å². The third kappa shape index (κ3) is 5.18. The zero-order valence-corrected chi connectivity index (χ0v) is 18.9. The number of benzene rings is 3. The molecule has 1 aliphatic carbocycles. The highest BCUT2D eigenvalue weighted by molar-refractivity contribution is 6.31. The molecule has 3 aromatic rings. The van der Waals surface area contributed by atoms with E-state index in [1.54, 1.807) is 12.1 Å². The summed E-state index contributed by atoms with van der Waals surface area (Å²) in [5, 5.41) is 9.88. The highest BCUT2D eigenvalue weighted by atomic mass is 35.5. The molecule has 0 spiro atoms. The van der Waals surface area contributed by atoms with E-state index in [2.05, 4.69) is 0 Å². The van der Waals surface area contributed by atoms with Crippen molar-refractivity contribution >= 4 is 34.8 Å². The van der Waals surface area contributed by atoms with E-state index in [9.17, 15) is 23.1 Å². The number of hydrogen-bond acceptors (Lipinski definition) is 2. The van der Waals surface area contributed by atoms with Crippen LogP contribution in [-0.4, -0.2) is 11.1 Å². The van der Waals surface area contributed by atoms with Gasteiger partial charge in [-0.1, -0.05) is 41.9 Å². The Hall–Kier alpha value is -3.51. The average molecular weight is 485 g/mol. The Bertz CT molecular complexity index is 1290. The molecular weight excluding hydrogens is 465 g/mol. The van der Waals surface area contributed by atoms with Crippen LogP contribution in [0.25, 0.3) is 17.2 Å². The van der Waals surface area contributed by atoms with Crippen molar-refractivity contribution in [2.45, 2.75) is 26.1 Å². The Morgan fingerprint density at radius 3 is 2.29 bits per heavy atom. The van der Waals surface area contributed by atoms with Gasteiger partial charge in [-0.25, -0.2) is 0 Å². The predicted octanol–water partition coefficient (Wildman–Crippen LogP) is 7.74. The largest absolute Gasteiger partial charge is 0.489 e. The van der Waals surface area contributed by atoms with Gasteiger partial charge in [0.1, 0.15) is 12.4 Å². The molecule has 4 rings (SSSR count). The second-order valence-electron chi connectivity index (χ2n) is 7.97. The molecule has 0 aliphatic heterocycles. The maximum Gasteiger partial charge on any atom is 0.416 e. The third-order valence-corrected chi connectivity index (χ3v) is 5.89. The minimum Gasteiger partial charge on any atom is -0.489 e. The van der Waals surface area contributed by atoms with Crippen LogP contribution in [0.1, 0.15) is 41.2 Å². The molecule has 7 heteroatoms. The van der Waals surface area contributed by atoms with Gasteiger partial charge in [-0.05, 0) is 88.4 Å². The van der Waals surface area contributed by atoms with Crippen LogP contribution in [0, 0.1) is 0 Å². The summed E-state index contributed by atoms with van der Waals surface area (Å²) < 4.78 is 43.6. The molecule has 0 radical (unpaired) electrons. The minimum atomic E-state index is -4.38. The summed E-state index contributed by atoms with van der Waals surface area (Å²) in [5.41, 5.74) is 5.42. The van der Waals surface area contributed by atoms with Crippen LogP contribution in [0.3, 0.4) is 0 Å². The number of fused-ring (bicyclic) bond motifs is 1. The molecule has 1 N–H and O–H groups in total. The Labute approximate surface area is 199 Å². The van der Waals surface area contributed by atoms with E-state index in [-0.39, 0.29) is 13.0 Å². The van der Waals surface area contributed by atoms with E-state index in [0.717, 1.165) is 51.1 Å². The van der Waals surface area contributed by atoms with E-state index in [0.29, 0.717) is 10.8 Å². The fraction of sp³-hybridized carbons (Fsp3) is 0.148. The molecule has 0 amide bonds. The van der Waals surface area contributed by atoms with E-state index in [1.807, 2.05) is 43.3 Å². The Morgan fingerprint density at radius 2 is 1.68 bits per heavy atom. The SMILES string of the molecule is CC1=C(CC(=O)O)c2cc(Cl)ccc2/C1=C\c1ccc(COc2ccc(C(F)(F)F)cc2)cc1. The van der Waals surface area contributed by atoms with Gasteiger partial charge in [0.25, 0.3) is 0 Å². The molecule has 0 saturated carbocycles. The van der Waals surface area contributed by atoms with Crippen molar-refractivity contribution < 1.29 is 27.8 Å². The first-order chi connectivity index (χ1) is 16.1. The van der Waals surface area contributed by atoms with Crippen LogP contribution < -0.4 is 4.74 Å².